The number of hydrogen-bond donors (Lipinski definition) is 1. The van der Waals surface area contributed by atoms with Gasteiger partial charge in [-0.3, -0.25) is 19.5 Å². The lowest BCUT2D eigenvalue weighted by Crippen LogP contribution is -2.73. The van der Waals surface area contributed by atoms with Crippen LogP contribution < -0.4 is 10.1 Å². The van der Waals surface area contributed by atoms with E-state index >= 15 is 0 Å². The van der Waals surface area contributed by atoms with E-state index in [0.717, 1.165) is 43.0 Å². The number of hydrogen-bond acceptors (Lipinski definition) is 5. The molecule has 1 aromatic rings. The quantitative estimate of drug-likeness (QED) is 0.284. The molecule has 1 N–H and O–H groups in total. The average Bonchev–Trinajstić information content (AvgIpc) is 2.92. The van der Waals surface area contributed by atoms with Gasteiger partial charge >= 0.3 is 0 Å². The zero-order valence-corrected chi connectivity index (χ0v) is 25.3. The normalized spacial score (nSPS) is 19.7. The minimum Gasteiger partial charge on any atom is -0.456 e. The predicted molar refractivity (Wildman–Crippen MR) is 159 cm³/mol. The molecule has 0 bridgehead atoms. The van der Waals surface area contributed by atoms with Gasteiger partial charge in [0, 0.05) is 31.9 Å². The van der Waals surface area contributed by atoms with Crippen molar-refractivity contribution in [3.05, 3.63) is 60.2 Å². The van der Waals surface area contributed by atoms with Crippen molar-refractivity contribution in [2.75, 3.05) is 26.2 Å². The highest BCUT2D eigenvalue weighted by atomic mass is 16.5. The smallest absolute Gasteiger partial charge is 0.246 e. The molecular formula is C32H50N4O3. The van der Waals surface area contributed by atoms with Crippen molar-refractivity contribution in [3.63, 3.8) is 0 Å². The van der Waals surface area contributed by atoms with Gasteiger partial charge in [0.25, 0.3) is 0 Å². The fourth-order valence-electron chi connectivity index (χ4n) is 5.11. The van der Waals surface area contributed by atoms with E-state index < -0.39 is 11.6 Å². The third-order valence-corrected chi connectivity index (χ3v) is 7.25. The first kappa shape index (κ1) is 32.3. The maximum absolute atomic E-state index is 13.4. The van der Waals surface area contributed by atoms with Gasteiger partial charge in [-0.2, -0.15) is 0 Å². The number of aromatic nitrogens is 1. The standard InChI is InChI=1S/C30H44N4O3.C2H6/c1-7-9-16-34-28(35)27(19-22(3)4)32-29(36)30(34)14-17-33(18-15-30)21-23(5)10-12-25(8-2)37-26-13-11-24(6)31-20-26;1-2/h8,10-13,20,22,27H,5,7,9,14-19,21H2,1-4,6H3,(H,32,36);1-2H3/b12-10-,25-8+;/t27-;/m1./s1. The highest BCUT2D eigenvalue weighted by Gasteiger charge is 2.53. The number of nitrogens with one attached hydrogen (secondary N) is 1. The lowest BCUT2D eigenvalue weighted by Gasteiger charge is -2.52. The fraction of sp³-hybridized carbons (Fsp3) is 0.594. The molecule has 0 aliphatic carbocycles. The number of unbranched alkanes of at least 4 members (excludes halogenated alkanes) is 1. The summed E-state index contributed by atoms with van der Waals surface area (Å²) in [6.07, 6.45) is 11.4. The molecule has 7 nitrogen and oxygen atoms in total. The number of carbonyl (C=O) groups is 2. The molecule has 0 saturated carbocycles. The van der Waals surface area contributed by atoms with Crippen LogP contribution in [-0.4, -0.2) is 64.4 Å². The highest BCUT2D eigenvalue weighted by molar-refractivity contribution is 6.00. The minimum atomic E-state index is -0.735. The minimum absolute atomic E-state index is 0.0210. The summed E-state index contributed by atoms with van der Waals surface area (Å²) >= 11 is 0. The van der Waals surface area contributed by atoms with Crippen molar-refractivity contribution in [1.29, 1.82) is 0 Å². The second-order valence-corrected chi connectivity index (χ2v) is 10.7. The Bertz CT molecular complexity index is 1000. The molecule has 1 aromatic heterocycles. The third-order valence-electron chi connectivity index (χ3n) is 7.25. The Hall–Kier alpha value is -2.93. The van der Waals surface area contributed by atoms with Crippen molar-refractivity contribution in [3.8, 4) is 5.75 Å². The largest absolute Gasteiger partial charge is 0.456 e. The number of aryl methyl sites for hydroxylation is 1. The molecule has 0 radical (unpaired) electrons. The SMILES string of the molecule is C=C(/C=C\C(=C/C)Oc1ccc(C)nc1)CN1CCC2(CC1)C(=O)N[C@H](CC(C)C)C(=O)N2CCCC.CC. The van der Waals surface area contributed by atoms with Crippen LogP contribution in [0.15, 0.2) is 54.5 Å². The van der Waals surface area contributed by atoms with Crippen molar-refractivity contribution in [2.45, 2.75) is 92.2 Å². The number of amides is 2. The van der Waals surface area contributed by atoms with E-state index in [1.54, 1.807) is 6.20 Å². The summed E-state index contributed by atoms with van der Waals surface area (Å²) in [5.74, 6) is 1.88. The second kappa shape index (κ2) is 15.6. The van der Waals surface area contributed by atoms with Gasteiger partial charge in [0.05, 0.1) is 6.20 Å². The van der Waals surface area contributed by atoms with Crippen LogP contribution in [0.4, 0.5) is 0 Å². The van der Waals surface area contributed by atoms with Gasteiger partial charge in [-0.25, -0.2) is 0 Å². The van der Waals surface area contributed by atoms with Crippen LogP contribution in [0, 0.1) is 12.8 Å². The number of allylic oxidation sites excluding steroid dienone is 2. The van der Waals surface area contributed by atoms with Crippen LogP contribution in [-0.2, 0) is 9.59 Å². The molecule has 2 fully saturated rings. The monoisotopic (exact) mass is 538 g/mol. The summed E-state index contributed by atoms with van der Waals surface area (Å²) in [6.45, 7) is 21.2. The fourth-order valence-corrected chi connectivity index (χ4v) is 5.11. The van der Waals surface area contributed by atoms with Gasteiger partial charge in [-0.15, -0.1) is 0 Å². The molecule has 2 aliphatic rings. The van der Waals surface area contributed by atoms with E-state index in [1.807, 2.05) is 63.0 Å². The van der Waals surface area contributed by atoms with Gasteiger partial charge in [0.15, 0.2) is 0 Å². The zero-order valence-electron chi connectivity index (χ0n) is 25.3. The molecule has 2 aliphatic heterocycles. The van der Waals surface area contributed by atoms with E-state index in [1.165, 1.54) is 0 Å². The number of rotatable bonds is 11. The van der Waals surface area contributed by atoms with Crippen LogP contribution in [0.2, 0.25) is 0 Å². The van der Waals surface area contributed by atoms with Crippen LogP contribution >= 0.6 is 0 Å². The second-order valence-electron chi connectivity index (χ2n) is 10.7. The topological polar surface area (TPSA) is 74.8 Å². The van der Waals surface area contributed by atoms with Crippen LogP contribution in [0.3, 0.4) is 0 Å². The van der Waals surface area contributed by atoms with E-state index in [-0.39, 0.29) is 11.8 Å². The molecule has 2 amide bonds. The van der Waals surface area contributed by atoms with E-state index in [9.17, 15) is 9.59 Å². The summed E-state index contributed by atoms with van der Waals surface area (Å²) in [6, 6.07) is 3.41. The summed E-state index contributed by atoms with van der Waals surface area (Å²) in [5, 5.41) is 3.08. The molecule has 7 heteroatoms. The average molecular weight is 539 g/mol. The third kappa shape index (κ3) is 8.79. The number of carbonyl (C=O) groups excluding carboxylic acids is 2. The Balaban J connectivity index is 0.00000260. The van der Waals surface area contributed by atoms with Crippen LogP contribution in [0.1, 0.15) is 79.3 Å². The first-order valence-corrected chi connectivity index (χ1v) is 14.7. The Labute approximate surface area is 236 Å². The molecule has 216 valence electrons. The summed E-state index contributed by atoms with van der Waals surface area (Å²) in [4.78, 5) is 35.3. The maximum Gasteiger partial charge on any atom is 0.246 e. The predicted octanol–water partition coefficient (Wildman–Crippen LogP) is 5.82. The number of piperazine rings is 1. The Kier molecular flexibility index (Phi) is 12.9. The van der Waals surface area contributed by atoms with Gasteiger partial charge in [0.2, 0.25) is 11.8 Å². The molecule has 0 aromatic carbocycles. The Morgan fingerprint density at radius 2 is 1.92 bits per heavy atom. The number of nitrogens with zero attached hydrogens (tertiary/aromatic N) is 3. The molecule has 2 saturated heterocycles. The Morgan fingerprint density at radius 3 is 2.49 bits per heavy atom. The van der Waals surface area contributed by atoms with E-state index in [4.69, 9.17) is 4.74 Å². The number of likely N-dealkylation sites (tertiary alicyclic amines) is 1. The van der Waals surface area contributed by atoms with Gasteiger partial charge in [-0.05, 0) is 75.3 Å². The van der Waals surface area contributed by atoms with E-state index in [0.29, 0.717) is 44.0 Å². The summed E-state index contributed by atoms with van der Waals surface area (Å²) < 4.78 is 5.91. The molecular weight excluding hydrogens is 488 g/mol. The molecule has 1 spiro atoms. The first-order valence-electron chi connectivity index (χ1n) is 14.7. The molecule has 39 heavy (non-hydrogen) atoms. The van der Waals surface area contributed by atoms with Crippen molar-refractivity contribution in [2.24, 2.45) is 5.92 Å². The van der Waals surface area contributed by atoms with Crippen LogP contribution in [0.25, 0.3) is 0 Å². The van der Waals surface area contributed by atoms with Crippen LogP contribution in [0.5, 0.6) is 5.75 Å². The van der Waals surface area contributed by atoms with Crippen molar-refractivity contribution in [1.82, 2.24) is 20.1 Å². The number of ether oxygens (including phenoxy) is 1. The van der Waals surface area contributed by atoms with Crippen molar-refractivity contribution < 1.29 is 14.3 Å². The lowest BCUT2D eigenvalue weighted by molar-refractivity contribution is -0.161. The van der Waals surface area contributed by atoms with E-state index in [2.05, 4.69) is 42.6 Å². The first-order chi connectivity index (χ1) is 18.7. The lowest BCUT2D eigenvalue weighted by atomic mass is 9.80. The summed E-state index contributed by atoms with van der Waals surface area (Å²) in [5.41, 5.74) is 1.17. The zero-order chi connectivity index (χ0) is 29.0. The molecule has 3 rings (SSSR count). The number of pyridine rings is 1. The molecule has 0 unspecified atom stereocenters. The molecule has 1 atom stereocenters. The Morgan fingerprint density at radius 1 is 1.23 bits per heavy atom. The number of piperidine rings is 1. The maximum atomic E-state index is 13.4. The van der Waals surface area contributed by atoms with Gasteiger partial charge < -0.3 is 15.0 Å². The van der Waals surface area contributed by atoms with Gasteiger partial charge in [0.1, 0.15) is 23.1 Å². The molecule has 3 heterocycles. The summed E-state index contributed by atoms with van der Waals surface area (Å²) in [7, 11) is 0. The van der Waals surface area contributed by atoms with Crippen molar-refractivity contribution >= 4 is 11.8 Å². The highest BCUT2D eigenvalue weighted by Crippen LogP contribution is 2.34. The van der Waals surface area contributed by atoms with Gasteiger partial charge in [-0.1, -0.05) is 53.7 Å².